The van der Waals surface area contributed by atoms with Crippen LogP contribution in [0.15, 0.2) is 18.5 Å². The number of nitrogens with zero attached hydrogens (tertiary/aromatic N) is 4. The van der Waals surface area contributed by atoms with Crippen LogP contribution in [-0.4, -0.2) is 65.8 Å². The molecule has 0 aromatic carbocycles. The molecule has 3 rings (SSSR count). The number of urea groups is 1. The van der Waals surface area contributed by atoms with E-state index >= 15 is 0 Å². The standard InChI is InChI=1S/C15H23N5O2/c1-12(13-4-2-11-22-13)18-15(21)20-9-7-19(8-10-20)14-16-5-3-6-17-14/h3,5-6,12-13H,2,4,7-11H2,1H3,(H,18,21). The first-order valence-corrected chi connectivity index (χ1v) is 7.93. The average Bonchev–Trinajstić information content (AvgIpc) is 3.10. The lowest BCUT2D eigenvalue weighted by Gasteiger charge is -2.35. The number of hydrogen-bond donors (Lipinski definition) is 1. The third-order valence-electron chi connectivity index (χ3n) is 4.28. The molecule has 2 aliphatic heterocycles. The van der Waals surface area contributed by atoms with Gasteiger partial charge in [-0.3, -0.25) is 0 Å². The second-order valence-electron chi connectivity index (χ2n) is 5.81. The minimum absolute atomic E-state index is 0.00312. The molecule has 1 aromatic heterocycles. The average molecular weight is 305 g/mol. The molecule has 2 saturated heterocycles. The predicted octanol–water partition coefficient (Wildman–Crippen LogP) is 0.876. The van der Waals surface area contributed by atoms with Crippen LogP contribution < -0.4 is 10.2 Å². The highest BCUT2D eigenvalue weighted by atomic mass is 16.5. The van der Waals surface area contributed by atoms with E-state index in [1.165, 1.54) is 0 Å². The first-order chi connectivity index (χ1) is 10.7. The molecule has 0 radical (unpaired) electrons. The molecule has 7 nitrogen and oxygen atoms in total. The van der Waals surface area contributed by atoms with E-state index in [0.29, 0.717) is 13.1 Å². The van der Waals surface area contributed by atoms with Gasteiger partial charge in [-0.05, 0) is 25.8 Å². The first-order valence-electron chi connectivity index (χ1n) is 7.93. The fraction of sp³-hybridized carbons (Fsp3) is 0.667. The van der Waals surface area contributed by atoms with Gasteiger partial charge < -0.3 is 19.9 Å². The molecule has 120 valence electrons. The zero-order valence-corrected chi connectivity index (χ0v) is 12.9. The zero-order valence-electron chi connectivity index (χ0n) is 12.9. The smallest absolute Gasteiger partial charge is 0.317 e. The molecule has 2 amide bonds. The van der Waals surface area contributed by atoms with Crippen molar-refractivity contribution < 1.29 is 9.53 Å². The lowest BCUT2D eigenvalue weighted by atomic mass is 10.1. The maximum absolute atomic E-state index is 12.3. The van der Waals surface area contributed by atoms with E-state index in [4.69, 9.17) is 4.74 Å². The number of aromatic nitrogens is 2. The SMILES string of the molecule is CC(NC(=O)N1CCN(c2ncccn2)CC1)C1CCCO1. The summed E-state index contributed by atoms with van der Waals surface area (Å²) in [5.74, 6) is 0.732. The summed E-state index contributed by atoms with van der Waals surface area (Å²) < 4.78 is 5.62. The van der Waals surface area contributed by atoms with E-state index in [1.54, 1.807) is 18.5 Å². The predicted molar refractivity (Wildman–Crippen MR) is 82.8 cm³/mol. The Morgan fingerprint density at radius 1 is 1.32 bits per heavy atom. The number of rotatable bonds is 3. The van der Waals surface area contributed by atoms with Crippen LogP contribution in [0.5, 0.6) is 0 Å². The van der Waals surface area contributed by atoms with Crippen molar-refractivity contribution in [3.8, 4) is 0 Å². The van der Waals surface area contributed by atoms with Crippen LogP contribution in [0.25, 0.3) is 0 Å². The molecule has 2 aliphatic rings. The molecule has 7 heteroatoms. The third kappa shape index (κ3) is 3.47. The molecule has 0 aliphatic carbocycles. The lowest BCUT2D eigenvalue weighted by Crippen LogP contribution is -2.54. The Bertz CT molecular complexity index is 484. The number of nitrogens with one attached hydrogen (secondary N) is 1. The number of piperazine rings is 1. The second-order valence-corrected chi connectivity index (χ2v) is 5.81. The first kappa shape index (κ1) is 15.0. The summed E-state index contributed by atoms with van der Waals surface area (Å²) in [6.45, 7) is 5.70. The van der Waals surface area contributed by atoms with Crippen LogP contribution in [0.4, 0.5) is 10.7 Å². The number of hydrogen-bond acceptors (Lipinski definition) is 5. The van der Waals surface area contributed by atoms with Crippen molar-refractivity contribution >= 4 is 12.0 Å². The van der Waals surface area contributed by atoms with E-state index in [2.05, 4.69) is 20.2 Å². The van der Waals surface area contributed by atoms with Crippen molar-refractivity contribution in [3.05, 3.63) is 18.5 Å². The van der Waals surface area contributed by atoms with E-state index in [1.807, 2.05) is 11.8 Å². The molecule has 0 bridgehead atoms. The van der Waals surface area contributed by atoms with E-state index < -0.39 is 0 Å². The summed E-state index contributed by atoms with van der Waals surface area (Å²) in [5.41, 5.74) is 0. The van der Waals surface area contributed by atoms with Crippen molar-refractivity contribution in [2.45, 2.75) is 31.9 Å². The van der Waals surface area contributed by atoms with Gasteiger partial charge in [0.05, 0.1) is 12.1 Å². The molecule has 0 spiro atoms. The Morgan fingerprint density at radius 2 is 2.05 bits per heavy atom. The van der Waals surface area contributed by atoms with Crippen LogP contribution in [-0.2, 0) is 4.74 Å². The lowest BCUT2D eigenvalue weighted by molar-refractivity contribution is 0.0831. The van der Waals surface area contributed by atoms with E-state index in [-0.39, 0.29) is 18.2 Å². The van der Waals surface area contributed by atoms with Gasteiger partial charge in [0.1, 0.15) is 0 Å². The Labute approximate surface area is 130 Å². The topological polar surface area (TPSA) is 70.6 Å². The summed E-state index contributed by atoms with van der Waals surface area (Å²) in [6, 6.07) is 1.86. The highest BCUT2D eigenvalue weighted by molar-refractivity contribution is 5.74. The number of carbonyl (C=O) groups excluding carboxylic acids is 1. The van der Waals surface area contributed by atoms with Crippen molar-refractivity contribution in [2.75, 3.05) is 37.7 Å². The van der Waals surface area contributed by atoms with Gasteiger partial charge in [-0.15, -0.1) is 0 Å². The highest BCUT2D eigenvalue weighted by Crippen LogP contribution is 2.16. The molecule has 2 fully saturated rings. The zero-order chi connectivity index (χ0) is 15.4. The van der Waals surface area contributed by atoms with Crippen LogP contribution in [0.2, 0.25) is 0 Å². The largest absolute Gasteiger partial charge is 0.376 e. The van der Waals surface area contributed by atoms with Gasteiger partial charge in [0, 0.05) is 45.2 Å². The third-order valence-corrected chi connectivity index (χ3v) is 4.28. The van der Waals surface area contributed by atoms with Crippen LogP contribution >= 0.6 is 0 Å². The van der Waals surface area contributed by atoms with E-state index in [9.17, 15) is 4.79 Å². The van der Waals surface area contributed by atoms with Gasteiger partial charge in [0.2, 0.25) is 5.95 Å². The Balaban J connectivity index is 1.47. The maximum Gasteiger partial charge on any atom is 0.317 e. The van der Waals surface area contributed by atoms with Crippen molar-refractivity contribution in [3.63, 3.8) is 0 Å². The Morgan fingerprint density at radius 3 is 2.68 bits per heavy atom. The molecule has 2 unspecified atom stereocenters. The van der Waals surface area contributed by atoms with Gasteiger partial charge >= 0.3 is 6.03 Å². The van der Waals surface area contributed by atoms with Crippen molar-refractivity contribution in [1.82, 2.24) is 20.2 Å². The minimum Gasteiger partial charge on any atom is -0.376 e. The molecular weight excluding hydrogens is 282 g/mol. The summed E-state index contributed by atoms with van der Waals surface area (Å²) in [7, 11) is 0. The van der Waals surface area contributed by atoms with Crippen LogP contribution in [0, 0.1) is 0 Å². The quantitative estimate of drug-likeness (QED) is 0.897. The molecule has 1 N–H and O–H groups in total. The normalized spacial score (nSPS) is 23.4. The summed E-state index contributed by atoms with van der Waals surface area (Å²) >= 11 is 0. The van der Waals surface area contributed by atoms with Crippen LogP contribution in [0.3, 0.4) is 0 Å². The van der Waals surface area contributed by atoms with Crippen molar-refractivity contribution in [1.29, 1.82) is 0 Å². The molecule has 22 heavy (non-hydrogen) atoms. The molecular formula is C15H23N5O2. The second kappa shape index (κ2) is 6.91. The molecule has 1 aromatic rings. The number of anilines is 1. The minimum atomic E-state index is -0.00312. The van der Waals surface area contributed by atoms with Crippen molar-refractivity contribution in [2.24, 2.45) is 0 Å². The number of amides is 2. The fourth-order valence-electron chi connectivity index (χ4n) is 2.94. The Hall–Kier alpha value is -1.89. The number of ether oxygens (including phenoxy) is 1. The van der Waals surface area contributed by atoms with Gasteiger partial charge in [-0.25, -0.2) is 14.8 Å². The highest BCUT2D eigenvalue weighted by Gasteiger charge is 2.27. The fourth-order valence-corrected chi connectivity index (χ4v) is 2.94. The summed E-state index contributed by atoms with van der Waals surface area (Å²) in [4.78, 5) is 24.8. The van der Waals surface area contributed by atoms with E-state index in [0.717, 1.165) is 38.5 Å². The summed E-state index contributed by atoms with van der Waals surface area (Å²) in [6.07, 6.45) is 5.75. The monoisotopic (exact) mass is 305 g/mol. The van der Waals surface area contributed by atoms with Gasteiger partial charge in [-0.1, -0.05) is 0 Å². The van der Waals surface area contributed by atoms with Gasteiger partial charge in [0.25, 0.3) is 0 Å². The molecule has 2 atom stereocenters. The van der Waals surface area contributed by atoms with Gasteiger partial charge in [0.15, 0.2) is 0 Å². The summed E-state index contributed by atoms with van der Waals surface area (Å²) in [5, 5.41) is 3.06. The number of carbonyl (C=O) groups is 1. The van der Waals surface area contributed by atoms with Crippen LogP contribution in [0.1, 0.15) is 19.8 Å². The molecule has 0 saturated carbocycles. The molecule has 3 heterocycles. The van der Waals surface area contributed by atoms with Gasteiger partial charge in [-0.2, -0.15) is 0 Å². The maximum atomic E-state index is 12.3. The Kier molecular flexibility index (Phi) is 4.72.